The van der Waals surface area contributed by atoms with Gasteiger partial charge in [-0.15, -0.1) is 0 Å². The molecule has 0 spiro atoms. The zero-order valence-corrected chi connectivity index (χ0v) is 11.9. The maximum absolute atomic E-state index is 12.3. The molecule has 2 saturated heterocycles. The van der Waals surface area contributed by atoms with Crippen molar-refractivity contribution in [2.24, 2.45) is 0 Å². The van der Waals surface area contributed by atoms with Crippen molar-refractivity contribution in [3.8, 4) is 0 Å². The van der Waals surface area contributed by atoms with Crippen LogP contribution in [0.2, 0.25) is 0 Å². The number of hydrogen-bond donors (Lipinski definition) is 1. The van der Waals surface area contributed by atoms with E-state index in [0.29, 0.717) is 11.7 Å². The molecule has 2 fully saturated rings. The summed E-state index contributed by atoms with van der Waals surface area (Å²) in [5, 5.41) is 0. The number of piperazine rings is 1. The summed E-state index contributed by atoms with van der Waals surface area (Å²) in [4.78, 5) is 19.9. The first-order chi connectivity index (χ1) is 8.74. The first kappa shape index (κ1) is 12.2. The Morgan fingerprint density at radius 3 is 3.00 bits per heavy atom. The number of carbonyl (C=O) groups is 1. The van der Waals surface area contributed by atoms with Crippen LogP contribution in [0, 0.1) is 0 Å². The van der Waals surface area contributed by atoms with Crippen LogP contribution in [-0.2, 0) is 0 Å². The van der Waals surface area contributed by atoms with Crippen LogP contribution in [-0.4, -0.2) is 52.9 Å². The fourth-order valence-corrected chi connectivity index (χ4v) is 3.35. The van der Waals surface area contributed by atoms with E-state index in [1.807, 2.05) is 17.2 Å². The molecule has 0 bridgehead atoms. The molecule has 1 aromatic heterocycles. The predicted octanol–water partition coefficient (Wildman–Crippen LogP) is 2.09. The van der Waals surface area contributed by atoms with Gasteiger partial charge < -0.3 is 9.88 Å². The number of aromatic nitrogens is 1. The minimum atomic E-state index is 0.130. The van der Waals surface area contributed by atoms with Crippen LogP contribution in [0.3, 0.4) is 0 Å². The molecule has 2 aliphatic heterocycles. The molecule has 1 aromatic rings. The number of fused-ring (bicyclic) bond motifs is 1. The van der Waals surface area contributed by atoms with E-state index in [1.54, 1.807) is 0 Å². The molecule has 0 saturated carbocycles. The van der Waals surface area contributed by atoms with E-state index in [1.165, 1.54) is 25.8 Å². The van der Waals surface area contributed by atoms with Crippen molar-refractivity contribution in [3.05, 3.63) is 22.4 Å². The van der Waals surface area contributed by atoms with Crippen molar-refractivity contribution in [3.63, 3.8) is 0 Å². The summed E-state index contributed by atoms with van der Waals surface area (Å²) in [5.41, 5.74) is 0.686. The molecule has 2 aliphatic rings. The molecule has 0 aliphatic carbocycles. The largest absolute Gasteiger partial charge is 0.356 e. The van der Waals surface area contributed by atoms with Crippen LogP contribution in [0.1, 0.15) is 29.8 Å². The molecule has 0 radical (unpaired) electrons. The first-order valence-corrected chi connectivity index (χ1v) is 7.40. The van der Waals surface area contributed by atoms with Gasteiger partial charge in [-0.1, -0.05) is 6.42 Å². The molecule has 1 atom stereocenters. The Morgan fingerprint density at radius 1 is 1.33 bits per heavy atom. The number of amides is 1. The number of nitrogens with one attached hydrogen (secondary N) is 1. The summed E-state index contributed by atoms with van der Waals surface area (Å²) < 4.78 is 0.933. The normalized spacial score (nSPS) is 24.9. The van der Waals surface area contributed by atoms with Crippen LogP contribution in [0.15, 0.2) is 16.7 Å². The highest BCUT2D eigenvalue weighted by Gasteiger charge is 2.31. The lowest BCUT2D eigenvalue weighted by molar-refractivity contribution is 0.0369. The third kappa shape index (κ3) is 2.34. The topological polar surface area (TPSA) is 39.3 Å². The summed E-state index contributed by atoms with van der Waals surface area (Å²) in [5.74, 6) is 0.130. The minimum absolute atomic E-state index is 0.130. The number of H-pyrrole nitrogens is 1. The average molecular weight is 312 g/mol. The molecule has 98 valence electrons. The fraction of sp³-hybridized carbons (Fsp3) is 0.615. The Labute approximate surface area is 115 Å². The number of nitrogens with zero attached hydrogens (tertiary/aromatic N) is 2. The third-order valence-corrected chi connectivity index (χ3v) is 4.46. The van der Waals surface area contributed by atoms with Crippen LogP contribution in [0.25, 0.3) is 0 Å². The lowest BCUT2D eigenvalue weighted by Gasteiger charge is -2.43. The Hall–Kier alpha value is -0.810. The molecule has 0 aromatic carbocycles. The molecule has 1 amide bonds. The highest BCUT2D eigenvalue weighted by Crippen LogP contribution is 2.22. The fourth-order valence-electron chi connectivity index (χ4n) is 3.00. The molecular formula is C13H18BrN3O. The number of halogens is 1. The molecule has 0 unspecified atom stereocenters. The van der Waals surface area contributed by atoms with Gasteiger partial charge in [-0.3, -0.25) is 9.69 Å². The quantitative estimate of drug-likeness (QED) is 0.862. The van der Waals surface area contributed by atoms with Gasteiger partial charge in [0.25, 0.3) is 5.91 Å². The van der Waals surface area contributed by atoms with E-state index >= 15 is 0 Å². The molecule has 1 N–H and O–H groups in total. The van der Waals surface area contributed by atoms with E-state index in [0.717, 1.165) is 24.1 Å². The number of piperidine rings is 1. The predicted molar refractivity (Wildman–Crippen MR) is 73.6 cm³/mol. The number of hydrogen-bond acceptors (Lipinski definition) is 2. The zero-order chi connectivity index (χ0) is 12.5. The molecule has 3 rings (SSSR count). The van der Waals surface area contributed by atoms with Gasteiger partial charge >= 0.3 is 0 Å². The van der Waals surface area contributed by atoms with E-state index < -0.39 is 0 Å². The Balaban J connectivity index is 1.68. The minimum Gasteiger partial charge on any atom is -0.356 e. The van der Waals surface area contributed by atoms with Gasteiger partial charge in [0.15, 0.2) is 0 Å². The number of rotatable bonds is 1. The number of aromatic amines is 1. The summed E-state index contributed by atoms with van der Waals surface area (Å²) >= 11 is 3.37. The van der Waals surface area contributed by atoms with Crippen molar-refractivity contribution < 1.29 is 4.79 Å². The van der Waals surface area contributed by atoms with E-state index in [2.05, 4.69) is 25.8 Å². The van der Waals surface area contributed by atoms with E-state index in [4.69, 9.17) is 0 Å². The summed E-state index contributed by atoms with van der Waals surface area (Å²) in [6, 6.07) is 2.44. The van der Waals surface area contributed by atoms with E-state index in [-0.39, 0.29) is 5.91 Å². The van der Waals surface area contributed by atoms with Crippen LogP contribution >= 0.6 is 15.9 Å². The summed E-state index contributed by atoms with van der Waals surface area (Å²) in [6.07, 6.45) is 5.66. The van der Waals surface area contributed by atoms with Gasteiger partial charge in [0, 0.05) is 36.3 Å². The Morgan fingerprint density at radius 2 is 2.22 bits per heavy atom. The number of carbonyl (C=O) groups excluding carboxylic acids is 1. The highest BCUT2D eigenvalue weighted by atomic mass is 79.9. The smallest absolute Gasteiger partial charge is 0.270 e. The van der Waals surface area contributed by atoms with Crippen molar-refractivity contribution in [1.82, 2.24) is 14.8 Å². The average Bonchev–Trinajstić information content (AvgIpc) is 2.84. The van der Waals surface area contributed by atoms with Gasteiger partial charge in [-0.05, 0) is 41.4 Å². The van der Waals surface area contributed by atoms with Gasteiger partial charge in [0.1, 0.15) is 5.69 Å². The zero-order valence-electron chi connectivity index (χ0n) is 10.4. The van der Waals surface area contributed by atoms with Crippen molar-refractivity contribution >= 4 is 21.8 Å². The SMILES string of the molecule is O=C(c1cc(Br)c[nH]1)N1CCN2CCCC[C@@H]2C1. The molecule has 18 heavy (non-hydrogen) atoms. The summed E-state index contributed by atoms with van der Waals surface area (Å²) in [6.45, 7) is 3.97. The Kier molecular flexibility index (Phi) is 3.43. The lowest BCUT2D eigenvalue weighted by atomic mass is 9.99. The maximum atomic E-state index is 12.3. The van der Waals surface area contributed by atoms with Crippen molar-refractivity contribution in [2.75, 3.05) is 26.2 Å². The van der Waals surface area contributed by atoms with Crippen LogP contribution < -0.4 is 0 Å². The third-order valence-electron chi connectivity index (χ3n) is 4.00. The van der Waals surface area contributed by atoms with Crippen molar-refractivity contribution in [1.29, 1.82) is 0 Å². The molecule has 4 nitrogen and oxygen atoms in total. The van der Waals surface area contributed by atoms with Crippen LogP contribution in [0.5, 0.6) is 0 Å². The van der Waals surface area contributed by atoms with Crippen LogP contribution in [0.4, 0.5) is 0 Å². The standard InChI is InChI=1S/C13H18BrN3O/c14-10-7-12(15-8-10)13(18)17-6-5-16-4-2-1-3-11(16)9-17/h7-8,11,15H,1-6,9H2/t11-/m1/s1. The second kappa shape index (κ2) is 5.05. The lowest BCUT2D eigenvalue weighted by Crippen LogP contribution is -2.56. The monoisotopic (exact) mass is 311 g/mol. The molecule has 3 heterocycles. The molecular weight excluding hydrogens is 294 g/mol. The molecule has 5 heteroatoms. The highest BCUT2D eigenvalue weighted by molar-refractivity contribution is 9.10. The first-order valence-electron chi connectivity index (χ1n) is 6.61. The van der Waals surface area contributed by atoms with Gasteiger partial charge in [0.2, 0.25) is 0 Å². The second-order valence-corrected chi connectivity index (χ2v) is 6.08. The maximum Gasteiger partial charge on any atom is 0.270 e. The summed E-state index contributed by atoms with van der Waals surface area (Å²) in [7, 11) is 0. The van der Waals surface area contributed by atoms with Crippen molar-refractivity contribution in [2.45, 2.75) is 25.3 Å². The van der Waals surface area contributed by atoms with Gasteiger partial charge in [-0.2, -0.15) is 0 Å². The van der Waals surface area contributed by atoms with Gasteiger partial charge in [0.05, 0.1) is 0 Å². The second-order valence-electron chi connectivity index (χ2n) is 5.17. The Bertz CT molecular complexity index is 445. The van der Waals surface area contributed by atoms with Gasteiger partial charge in [-0.25, -0.2) is 0 Å². The van der Waals surface area contributed by atoms with E-state index in [9.17, 15) is 4.79 Å².